The molecule has 0 aliphatic carbocycles. The number of likely N-dealkylation sites (tertiary alicyclic amines) is 1. The third-order valence-corrected chi connectivity index (χ3v) is 3.97. The standard InChI is InChI=1S/C15H21N3/c1-17-10-13(11-18-6-2-3-7-18)14-5-4-12(9-16)8-15(14)17/h4-5,8,10H,2-3,6-7,9,11,16H2,1H3. The SMILES string of the molecule is Cn1cc(CN2CCCC2)c2ccc(CN)cc21. The highest BCUT2D eigenvalue weighted by atomic mass is 15.1. The summed E-state index contributed by atoms with van der Waals surface area (Å²) in [7, 11) is 2.12. The lowest BCUT2D eigenvalue weighted by Crippen LogP contribution is -2.18. The van der Waals surface area contributed by atoms with Crippen LogP contribution in [0.2, 0.25) is 0 Å². The average Bonchev–Trinajstić information content (AvgIpc) is 2.99. The molecular formula is C15H21N3. The Balaban J connectivity index is 1.96. The molecular weight excluding hydrogens is 222 g/mol. The first-order chi connectivity index (χ1) is 8.78. The molecule has 0 saturated carbocycles. The summed E-state index contributed by atoms with van der Waals surface area (Å²) in [6.45, 7) is 4.19. The Kier molecular flexibility index (Phi) is 3.10. The quantitative estimate of drug-likeness (QED) is 0.897. The fourth-order valence-electron chi connectivity index (χ4n) is 2.95. The van der Waals surface area contributed by atoms with Crippen molar-refractivity contribution in [1.29, 1.82) is 0 Å². The predicted octanol–water partition coefficient (Wildman–Crippen LogP) is 2.23. The molecule has 0 spiro atoms. The van der Waals surface area contributed by atoms with E-state index in [9.17, 15) is 0 Å². The Morgan fingerprint density at radius 3 is 2.72 bits per heavy atom. The summed E-state index contributed by atoms with van der Waals surface area (Å²) in [5, 5.41) is 1.38. The Hall–Kier alpha value is -1.32. The summed E-state index contributed by atoms with van der Waals surface area (Å²) >= 11 is 0. The van der Waals surface area contributed by atoms with E-state index in [1.165, 1.54) is 48.0 Å². The lowest BCUT2D eigenvalue weighted by Gasteiger charge is -2.13. The third-order valence-electron chi connectivity index (χ3n) is 3.97. The zero-order valence-electron chi connectivity index (χ0n) is 11.0. The van der Waals surface area contributed by atoms with Gasteiger partial charge in [-0.05, 0) is 43.1 Å². The van der Waals surface area contributed by atoms with Crippen molar-refractivity contribution in [3.8, 4) is 0 Å². The summed E-state index contributed by atoms with van der Waals surface area (Å²) in [6.07, 6.45) is 4.97. The molecule has 1 fully saturated rings. The van der Waals surface area contributed by atoms with Crippen molar-refractivity contribution in [3.63, 3.8) is 0 Å². The lowest BCUT2D eigenvalue weighted by atomic mass is 10.1. The van der Waals surface area contributed by atoms with E-state index in [1.54, 1.807) is 0 Å². The summed E-state index contributed by atoms with van der Waals surface area (Å²) in [4.78, 5) is 2.55. The molecule has 3 heteroatoms. The number of hydrogen-bond donors (Lipinski definition) is 1. The van der Waals surface area contributed by atoms with Crippen LogP contribution in [0.3, 0.4) is 0 Å². The molecule has 0 radical (unpaired) electrons. The molecule has 0 atom stereocenters. The Morgan fingerprint density at radius 1 is 1.22 bits per heavy atom. The first-order valence-corrected chi connectivity index (χ1v) is 6.77. The van der Waals surface area contributed by atoms with Crippen molar-refractivity contribution >= 4 is 10.9 Å². The van der Waals surface area contributed by atoms with Crippen LogP contribution in [0.1, 0.15) is 24.0 Å². The first kappa shape index (κ1) is 11.8. The number of hydrogen-bond acceptors (Lipinski definition) is 2. The largest absolute Gasteiger partial charge is 0.350 e. The van der Waals surface area contributed by atoms with Gasteiger partial charge in [-0.2, -0.15) is 0 Å². The van der Waals surface area contributed by atoms with E-state index in [4.69, 9.17) is 5.73 Å². The van der Waals surface area contributed by atoms with Crippen molar-refractivity contribution in [3.05, 3.63) is 35.5 Å². The second-order valence-corrected chi connectivity index (χ2v) is 5.30. The third kappa shape index (κ3) is 2.04. The highest BCUT2D eigenvalue weighted by molar-refractivity contribution is 5.84. The van der Waals surface area contributed by atoms with Gasteiger partial charge in [-0.3, -0.25) is 4.90 Å². The number of fused-ring (bicyclic) bond motifs is 1. The Labute approximate surface area is 108 Å². The van der Waals surface area contributed by atoms with Gasteiger partial charge in [0.25, 0.3) is 0 Å². The molecule has 3 rings (SSSR count). The van der Waals surface area contributed by atoms with Gasteiger partial charge in [0.1, 0.15) is 0 Å². The van der Waals surface area contributed by atoms with E-state index in [1.807, 2.05) is 0 Å². The molecule has 1 saturated heterocycles. The molecule has 0 bridgehead atoms. The molecule has 18 heavy (non-hydrogen) atoms. The zero-order valence-corrected chi connectivity index (χ0v) is 11.0. The second-order valence-electron chi connectivity index (χ2n) is 5.30. The number of aromatic nitrogens is 1. The van der Waals surface area contributed by atoms with Crippen LogP contribution in [-0.4, -0.2) is 22.6 Å². The van der Waals surface area contributed by atoms with E-state index in [0.717, 1.165) is 6.54 Å². The van der Waals surface area contributed by atoms with Crippen LogP contribution >= 0.6 is 0 Å². The van der Waals surface area contributed by atoms with Crippen molar-refractivity contribution < 1.29 is 0 Å². The monoisotopic (exact) mass is 243 g/mol. The first-order valence-electron chi connectivity index (χ1n) is 6.77. The van der Waals surface area contributed by atoms with Crippen LogP contribution in [-0.2, 0) is 20.1 Å². The molecule has 1 aromatic heterocycles. The van der Waals surface area contributed by atoms with Gasteiger partial charge in [0, 0.05) is 37.2 Å². The minimum Gasteiger partial charge on any atom is -0.350 e. The van der Waals surface area contributed by atoms with Crippen LogP contribution in [0.4, 0.5) is 0 Å². The van der Waals surface area contributed by atoms with Crippen molar-refractivity contribution in [2.24, 2.45) is 12.8 Å². The predicted molar refractivity (Wildman–Crippen MR) is 75.3 cm³/mol. The fraction of sp³-hybridized carbons (Fsp3) is 0.467. The number of nitrogens with zero attached hydrogens (tertiary/aromatic N) is 2. The van der Waals surface area contributed by atoms with Crippen LogP contribution in [0.5, 0.6) is 0 Å². The van der Waals surface area contributed by atoms with Gasteiger partial charge in [-0.1, -0.05) is 12.1 Å². The van der Waals surface area contributed by atoms with E-state index in [0.29, 0.717) is 6.54 Å². The van der Waals surface area contributed by atoms with E-state index in [-0.39, 0.29) is 0 Å². The smallest absolute Gasteiger partial charge is 0.0484 e. The maximum atomic E-state index is 5.71. The molecule has 3 nitrogen and oxygen atoms in total. The van der Waals surface area contributed by atoms with Gasteiger partial charge in [-0.25, -0.2) is 0 Å². The van der Waals surface area contributed by atoms with E-state index in [2.05, 4.69) is 40.9 Å². The van der Waals surface area contributed by atoms with Gasteiger partial charge < -0.3 is 10.3 Å². The lowest BCUT2D eigenvalue weighted by molar-refractivity contribution is 0.332. The molecule has 0 unspecified atom stereocenters. The van der Waals surface area contributed by atoms with Gasteiger partial charge >= 0.3 is 0 Å². The maximum Gasteiger partial charge on any atom is 0.0484 e. The Bertz CT molecular complexity index is 550. The molecule has 2 aromatic rings. The molecule has 1 aromatic carbocycles. The maximum absolute atomic E-state index is 5.71. The van der Waals surface area contributed by atoms with Crippen LogP contribution < -0.4 is 5.73 Å². The van der Waals surface area contributed by atoms with E-state index >= 15 is 0 Å². The van der Waals surface area contributed by atoms with Crippen LogP contribution in [0, 0.1) is 0 Å². The molecule has 1 aliphatic rings. The van der Waals surface area contributed by atoms with Crippen LogP contribution in [0.15, 0.2) is 24.4 Å². The highest BCUT2D eigenvalue weighted by Crippen LogP contribution is 2.24. The Morgan fingerprint density at radius 2 is 2.00 bits per heavy atom. The normalized spacial score (nSPS) is 16.8. The van der Waals surface area contributed by atoms with E-state index < -0.39 is 0 Å². The minimum atomic E-state index is 0.614. The molecule has 96 valence electrons. The number of rotatable bonds is 3. The fourth-order valence-corrected chi connectivity index (χ4v) is 2.95. The summed E-state index contributed by atoms with van der Waals surface area (Å²) in [5.41, 5.74) is 9.66. The summed E-state index contributed by atoms with van der Waals surface area (Å²) in [6, 6.07) is 6.58. The van der Waals surface area contributed by atoms with Crippen LogP contribution in [0.25, 0.3) is 10.9 Å². The summed E-state index contributed by atoms with van der Waals surface area (Å²) < 4.78 is 2.22. The van der Waals surface area contributed by atoms with Gasteiger partial charge in [0.05, 0.1) is 0 Å². The van der Waals surface area contributed by atoms with Crippen molar-refractivity contribution in [1.82, 2.24) is 9.47 Å². The highest BCUT2D eigenvalue weighted by Gasteiger charge is 2.14. The van der Waals surface area contributed by atoms with Crippen molar-refractivity contribution in [2.75, 3.05) is 13.1 Å². The number of nitrogens with two attached hydrogens (primary N) is 1. The molecule has 2 heterocycles. The van der Waals surface area contributed by atoms with Gasteiger partial charge in [0.2, 0.25) is 0 Å². The van der Waals surface area contributed by atoms with Gasteiger partial charge in [0.15, 0.2) is 0 Å². The number of aryl methyl sites for hydroxylation is 1. The summed E-state index contributed by atoms with van der Waals surface area (Å²) in [5.74, 6) is 0. The van der Waals surface area contributed by atoms with Crippen molar-refractivity contribution in [2.45, 2.75) is 25.9 Å². The minimum absolute atomic E-state index is 0.614. The zero-order chi connectivity index (χ0) is 12.5. The number of benzene rings is 1. The topological polar surface area (TPSA) is 34.2 Å². The molecule has 2 N–H and O–H groups in total. The van der Waals surface area contributed by atoms with Gasteiger partial charge in [-0.15, -0.1) is 0 Å². The molecule has 1 aliphatic heterocycles. The average molecular weight is 243 g/mol. The molecule has 0 amide bonds. The second kappa shape index (κ2) is 4.75.